The highest BCUT2D eigenvalue weighted by molar-refractivity contribution is 7.92. The molecule has 1 aromatic heterocycles. The third-order valence-corrected chi connectivity index (χ3v) is 10.2. The summed E-state index contributed by atoms with van der Waals surface area (Å²) < 4.78 is 89.9. The molecule has 1 fully saturated rings. The second kappa shape index (κ2) is 13.4. The van der Waals surface area contributed by atoms with E-state index < -0.39 is 48.4 Å². The fraction of sp³-hybridized carbons (Fsp3) is 0.286. The van der Waals surface area contributed by atoms with Gasteiger partial charge in [0, 0.05) is 49.5 Å². The molecule has 0 radical (unpaired) electrons. The van der Waals surface area contributed by atoms with Crippen molar-refractivity contribution in [1.29, 1.82) is 0 Å². The molecule has 2 aromatic carbocycles. The van der Waals surface area contributed by atoms with Gasteiger partial charge in [-0.2, -0.15) is 0 Å². The van der Waals surface area contributed by atoms with Gasteiger partial charge in [-0.1, -0.05) is 18.2 Å². The topological polar surface area (TPSA) is 126 Å². The zero-order chi connectivity index (χ0) is 31.4. The van der Waals surface area contributed by atoms with Gasteiger partial charge in [0.15, 0.2) is 9.84 Å². The third-order valence-electron chi connectivity index (χ3n) is 6.61. The molecule has 0 aliphatic carbocycles. The van der Waals surface area contributed by atoms with Crippen LogP contribution in [0.2, 0.25) is 5.02 Å². The number of hydrogen-bond acceptors (Lipinski definition) is 8. The summed E-state index contributed by atoms with van der Waals surface area (Å²) in [6.07, 6.45) is 0.666. The quantitative estimate of drug-likeness (QED) is 0.314. The van der Waals surface area contributed by atoms with Crippen molar-refractivity contribution in [3.8, 4) is 0 Å². The highest BCUT2D eigenvalue weighted by Gasteiger charge is 2.34. The number of allylic oxidation sites excluding steroid dienone is 1. The van der Waals surface area contributed by atoms with E-state index in [2.05, 4.69) is 16.3 Å². The van der Waals surface area contributed by atoms with Crippen LogP contribution in [0.25, 0.3) is 0 Å². The summed E-state index contributed by atoms with van der Waals surface area (Å²) in [4.78, 5) is 19.2. The lowest BCUT2D eigenvalue weighted by molar-refractivity contribution is 0.0969. The Morgan fingerprint density at radius 1 is 1.05 bits per heavy atom. The summed E-state index contributed by atoms with van der Waals surface area (Å²) in [6, 6.07) is 10.1. The van der Waals surface area contributed by atoms with Gasteiger partial charge in [0.05, 0.1) is 16.4 Å². The van der Waals surface area contributed by atoms with E-state index in [1.165, 1.54) is 47.5 Å². The minimum atomic E-state index is -4.38. The fourth-order valence-corrected chi connectivity index (χ4v) is 7.46. The average molecular weight is 655 g/mol. The zero-order valence-electron chi connectivity index (χ0n) is 23.0. The molecule has 10 nitrogen and oxygen atoms in total. The number of aromatic nitrogens is 1. The second-order valence-corrected chi connectivity index (χ2v) is 14.1. The smallest absolute Gasteiger partial charge is 0.414 e. The molecular formula is C28H29ClF2N4O6S2. The van der Waals surface area contributed by atoms with Gasteiger partial charge in [0.1, 0.15) is 22.7 Å². The number of sulfonamides is 1. The highest BCUT2D eigenvalue weighted by atomic mass is 35.5. The van der Waals surface area contributed by atoms with Crippen molar-refractivity contribution in [3.63, 3.8) is 0 Å². The predicted octanol–water partition coefficient (Wildman–Crippen LogP) is 4.61. The van der Waals surface area contributed by atoms with Crippen LogP contribution in [0.5, 0.6) is 0 Å². The van der Waals surface area contributed by atoms with Gasteiger partial charge in [-0.05, 0) is 67.1 Å². The minimum absolute atomic E-state index is 0.0371. The normalized spacial score (nSPS) is 15.1. The molecule has 4 rings (SSSR count). The van der Waals surface area contributed by atoms with Gasteiger partial charge in [-0.25, -0.2) is 35.4 Å². The van der Waals surface area contributed by atoms with Crippen LogP contribution in [0.4, 0.5) is 19.4 Å². The number of carbonyl (C=O) groups excluding carboxylic acids is 1. The molecule has 1 aliphatic rings. The lowest BCUT2D eigenvalue weighted by Gasteiger charge is -2.33. The first-order valence-corrected chi connectivity index (χ1v) is 16.6. The minimum Gasteiger partial charge on any atom is -0.416 e. The Morgan fingerprint density at radius 3 is 2.37 bits per heavy atom. The molecule has 1 saturated heterocycles. The summed E-state index contributed by atoms with van der Waals surface area (Å²) in [5.74, 6) is -2.05. The number of rotatable bonds is 10. The largest absolute Gasteiger partial charge is 0.416 e. The lowest BCUT2D eigenvalue weighted by atomic mass is 10.0. The van der Waals surface area contributed by atoms with E-state index in [1.54, 1.807) is 6.92 Å². The monoisotopic (exact) mass is 654 g/mol. The van der Waals surface area contributed by atoms with E-state index in [0.29, 0.717) is 26.2 Å². The number of nitrogens with one attached hydrogen (secondary N) is 1. The summed E-state index contributed by atoms with van der Waals surface area (Å²) in [7, 11) is -8.35. The van der Waals surface area contributed by atoms with Crippen molar-refractivity contribution < 1.29 is 35.1 Å². The number of amides is 1. The summed E-state index contributed by atoms with van der Waals surface area (Å²) in [5.41, 5.74) is -0.494. The Kier molecular flexibility index (Phi) is 10.1. The van der Waals surface area contributed by atoms with Gasteiger partial charge in [0.25, 0.3) is 0 Å². The Labute approximate surface area is 253 Å². The molecule has 1 N–H and O–H groups in total. The molecule has 0 spiro atoms. The maximum Gasteiger partial charge on any atom is 0.414 e. The molecule has 1 amide bonds. The number of piperazine rings is 1. The SMILES string of the molecule is C=C(C)OC(=O)N1CCN(CCS(=O)(=O)Nc2cc(C(c3cc(F)ccc3F)S(=O)(=O)c3ccc(Cl)cc3)ccn2)CC1. The molecule has 0 saturated carbocycles. The van der Waals surface area contributed by atoms with E-state index in [9.17, 15) is 30.4 Å². The van der Waals surface area contributed by atoms with Crippen LogP contribution in [0.3, 0.4) is 0 Å². The van der Waals surface area contributed by atoms with Gasteiger partial charge in [-0.3, -0.25) is 9.62 Å². The van der Waals surface area contributed by atoms with Crippen LogP contribution >= 0.6 is 11.6 Å². The van der Waals surface area contributed by atoms with Crippen molar-refractivity contribution in [2.24, 2.45) is 0 Å². The Morgan fingerprint density at radius 2 is 1.72 bits per heavy atom. The molecule has 0 bridgehead atoms. The van der Waals surface area contributed by atoms with Crippen LogP contribution < -0.4 is 4.72 Å². The number of anilines is 1. The van der Waals surface area contributed by atoms with Crippen molar-refractivity contribution in [2.45, 2.75) is 17.1 Å². The Bertz CT molecular complexity index is 1720. The molecular weight excluding hydrogens is 626 g/mol. The van der Waals surface area contributed by atoms with Crippen molar-refractivity contribution in [3.05, 3.63) is 101 Å². The lowest BCUT2D eigenvalue weighted by Crippen LogP contribution is -2.49. The predicted molar refractivity (Wildman–Crippen MR) is 158 cm³/mol. The number of nitrogens with zero attached hydrogens (tertiary/aromatic N) is 3. The van der Waals surface area contributed by atoms with Gasteiger partial charge in [0.2, 0.25) is 10.0 Å². The summed E-state index contributed by atoms with van der Waals surface area (Å²) in [6.45, 7) is 6.81. The number of benzene rings is 2. The number of carbonyl (C=O) groups is 1. The van der Waals surface area contributed by atoms with Crippen molar-refractivity contribution >= 4 is 43.4 Å². The summed E-state index contributed by atoms with van der Waals surface area (Å²) >= 11 is 5.91. The Balaban J connectivity index is 1.53. The number of ether oxygens (including phenoxy) is 1. The van der Waals surface area contributed by atoms with Gasteiger partial charge in [-0.15, -0.1) is 0 Å². The van der Waals surface area contributed by atoms with Gasteiger partial charge < -0.3 is 9.64 Å². The van der Waals surface area contributed by atoms with Crippen LogP contribution in [-0.2, 0) is 24.6 Å². The number of hydrogen-bond donors (Lipinski definition) is 1. The first kappa shape index (κ1) is 32.3. The van der Waals surface area contributed by atoms with E-state index in [-0.39, 0.29) is 39.4 Å². The van der Waals surface area contributed by atoms with E-state index >= 15 is 0 Å². The molecule has 1 atom stereocenters. The number of sulfone groups is 1. The highest BCUT2D eigenvalue weighted by Crippen LogP contribution is 2.37. The molecule has 15 heteroatoms. The van der Waals surface area contributed by atoms with Crippen LogP contribution in [0.1, 0.15) is 23.3 Å². The first-order chi connectivity index (χ1) is 20.2. The van der Waals surface area contributed by atoms with Crippen molar-refractivity contribution in [2.75, 3.05) is 43.2 Å². The van der Waals surface area contributed by atoms with E-state index in [4.69, 9.17) is 16.3 Å². The molecule has 1 aliphatic heterocycles. The second-order valence-electron chi connectivity index (χ2n) is 9.84. The number of halogens is 3. The van der Waals surface area contributed by atoms with Crippen LogP contribution in [-0.4, -0.2) is 76.2 Å². The first-order valence-electron chi connectivity index (χ1n) is 13.0. The molecule has 2 heterocycles. The average Bonchev–Trinajstić information content (AvgIpc) is 2.94. The molecule has 43 heavy (non-hydrogen) atoms. The maximum absolute atomic E-state index is 15.0. The zero-order valence-corrected chi connectivity index (χ0v) is 25.4. The third kappa shape index (κ3) is 8.28. The fourth-order valence-electron chi connectivity index (χ4n) is 4.49. The summed E-state index contributed by atoms with van der Waals surface area (Å²) in [5, 5.41) is -1.45. The maximum atomic E-state index is 15.0. The molecule has 1 unspecified atom stereocenters. The van der Waals surface area contributed by atoms with Crippen molar-refractivity contribution in [1.82, 2.24) is 14.8 Å². The van der Waals surface area contributed by atoms with E-state index in [1.807, 2.05) is 4.90 Å². The molecule has 3 aromatic rings. The van der Waals surface area contributed by atoms with E-state index in [0.717, 1.165) is 18.2 Å². The van der Waals surface area contributed by atoms with Crippen LogP contribution in [0, 0.1) is 11.6 Å². The number of pyridine rings is 1. The molecule has 230 valence electrons. The Hall–Kier alpha value is -3.59. The van der Waals surface area contributed by atoms with Crippen LogP contribution in [0.15, 0.2) is 78.0 Å². The standard InChI is InChI=1S/C28H29ClF2N4O6S2/c1-19(2)41-28(36)35-13-11-34(12-14-35)15-16-42(37,38)33-26-17-20(9-10-32-26)27(24-18-22(30)5-8-25(24)31)43(39,40)23-6-3-21(29)4-7-23/h3-10,17-18,27H,1,11-16H2,2H3,(H,32,33). The van der Waals surface area contributed by atoms with Gasteiger partial charge >= 0.3 is 6.09 Å².